The molecule has 2 atom stereocenters. The van der Waals surface area contributed by atoms with Crippen LogP contribution in [0.3, 0.4) is 0 Å². The van der Waals surface area contributed by atoms with Gasteiger partial charge in [0, 0.05) is 13.2 Å². The van der Waals surface area contributed by atoms with Gasteiger partial charge in [0.2, 0.25) is 0 Å². The first-order valence-corrected chi connectivity index (χ1v) is 5.72. The molecule has 0 aliphatic carbocycles. The van der Waals surface area contributed by atoms with E-state index in [1.54, 1.807) is 13.2 Å². The van der Waals surface area contributed by atoms with Crippen LogP contribution < -0.4 is 10.5 Å². The molecule has 0 aliphatic rings. The van der Waals surface area contributed by atoms with Gasteiger partial charge in [-0.3, -0.25) is 0 Å². The number of hydrogen-bond donors (Lipinski definition) is 1. The molecule has 0 heterocycles. The molecule has 0 bridgehead atoms. The molecule has 3 nitrogen and oxygen atoms in total. The normalized spacial score (nSPS) is 14.4. The summed E-state index contributed by atoms with van der Waals surface area (Å²) in [5, 5.41) is 0. The SMILES string of the molecule is COCC(C)Oc1ccc(F)cc1CC(C)N. The third-order valence-electron chi connectivity index (χ3n) is 2.29. The second-order valence-electron chi connectivity index (χ2n) is 4.32. The van der Waals surface area contributed by atoms with Crippen molar-refractivity contribution in [3.05, 3.63) is 29.6 Å². The summed E-state index contributed by atoms with van der Waals surface area (Å²) < 4.78 is 23.9. The van der Waals surface area contributed by atoms with Gasteiger partial charge >= 0.3 is 0 Å². The van der Waals surface area contributed by atoms with Crippen LogP contribution in [0.5, 0.6) is 5.75 Å². The second-order valence-corrected chi connectivity index (χ2v) is 4.32. The molecule has 0 aromatic heterocycles. The zero-order valence-electron chi connectivity index (χ0n) is 10.6. The molecule has 4 heteroatoms. The largest absolute Gasteiger partial charge is 0.488 e. The highest BCUT2D eigenvalue weighted by Gasteiger charge is 2.11. The summed E-state index contributed by atoms with van der Waals surface area (Å²) in [6.45, 7) is 4.28. The molecule has 1 aromatic carbocycles. The van der Waals surface area contributed by atoms with Crippen LogP contribution in [0.4, 0.5) is 4.39 Å². The van der Waals surface area contributed by atoms with Crippen LogP contribution in [0.25, 0.3) is 0 Å². The fourth-order valence-electron chi connectivity index (χ4n) is 1.65. The minimum absolute atomic E-state index is 0.0307. The number of hydrogen-bond acceptors (Lipinski definition) is 3. The molecule has 17 heavy (non-hydrogen) atoms. The molecule has 0 fully saturated rings. The molecule has 0 amide bonds. The number of methoxy groups -OCH3 is 1. The zero-order chi connectivity index (χ0) is 12.8. The van der Waals surface area contributed by atoms with Gasteiger partial charge in [-0.05, 0) is 44.0 Å². The van der Waals surface area contributed by atoms with Crippen LogP contribution in [0.15, 0.2) is 18.2 Å². The summed E-state index contributed by atoms with van der Waals surface area (Å²) in [4.78, 5) is 0. The Morgan fingerprint density at radius 1 is 1.35 bits per heavy atom. The predicted molar refractivity (Wildman–Crippen MR) is 65.7 cm³/mol. The summed E-state index contributed by atoms with van der Waals surface area (Å²) in [5.41, 5.74) is 6.52. The topological polar surface area (TPSA) is 44.5 Å². The highest BCUT2D eigenvalue weighted by atomic mass is 19.1. The maximum Gasteiger partial charge on any atom is 0.123 e. The van der Waals surface area contributed by atoms with E-state index in [2.05, 4.69) is 0 Å². The van der Waals surface area contributed by atoms with Crippen molar-refractivity contribution in [2.45, 2.75) is 32.4 Å². The Hall–Kier alpha value is -1.13. The summed E-state index contributed by atoms with van der Waals surface area (Å²) in [5.74, 6) is 0.403. The fourth-order valence-corrected chi connectivity index (χ4v) is 1.65. The number of benzene rings is 1. The van der Waals surface area contributed by atoms with Crippen molar-refractivity contribution in [3.8, 4) is 5.75 Å². The van der Waals surface area contributed by atoms with Gasteiger partial charge in [0.1, 0.15) is 17.7 Å². The third-order valence-corrected chi connectivity index (χ3v) is 2.29. The van der Waals surface area contributed by atoms with Crippen LogP contribution in [-0.4, -0.2) is 25.9 Å². The van der Waals surface area contributed by atoms with Gasteiger partial charge in [-0.2, -0.15) is 0 Å². The van der Waals surface area contributed by atoms with Gasteiger partial charge in [-0.15, -0.1) is 0 Å². The van der Waals surface area contributed by atoms with E-state index in [4.69, 9.17) is 15.2 Å². The van der Waals surface area contributed by atoms with E-state index in [9.17, 15) is 4.39 Å². The fraction of sp³-hybridized carbons (Fsp3) is 0.538. The molecular weight excluding hydrogens is 221 g/mol. The monoisotopic (exact) mass is 241 g/mol. The van der Waals surface area contributed by atoms with Crippen molar-refractivity contribution >= 4 is 0 Å². The van der Waals surface area contributed by atoms with Gasteiger partial charge < -0.3 is 15.2 Å². The van der Waals surface area contributed by atoms with Crippen LogP contribution in [-0.2, 0) is 11.2 Å². The Morgan fingerprint density at radius 3 is 2.65 bits per heavy atom. The first-order valence-electron chi connectivity index (χ1n) is 5.72. The summed E-state index contributed by atoms with van der Waals surface area (Å²) in [6, 6.07) is 4.47. The van der Waals surface area contributed by atoms with Crippen molar-refractivity contribution < 1.29 is 13.9 Å². The molecule has 0 saturated carbocycles. The Balaban J connectivity index is 2.82. The maximum atomic E-state index is 13.2. The second kappa shape index (κ2) is 6.57. The van der Waals surface area contributed by atoms with Crippen LogP contribution in [0.1, 0.15) is 19.4 Å². The first-order chi connectivity index (χ1) is 8.02. The lowest BCUT2D eigenvalue weighted by Crippen LogP contribution is -2.21. The van der Waals surface area contributed by atoms with Crippen molar-refractivity contribution in [3.63, 3.8) is 0 Å². The Kier molecular flexibility index (Phi) is 5.38. The quantitative estimate of drug-likeness (QED) is 0.829. The molecule has 0 saturated heterocycles. The number of nitrogens with two attached hydrogens (primary N) is 1. The van der Waals surface area contributed by atoms with Gasteiger partial charge in [0.25, 0.3) is 0 Å². The maximum absolute atomic E-state index is 13.2. The van der Waals surface area contributed by atoms with Crippen LogP contribution in [0, 0.1) is 5.82 Å². The van der Waals surface area contributed by atoms with Crippen LogP contribution in [0.2, 0.25) is 0 Å². The van der Waals surface area contributed by atoms with E-state index in [-0.39, 0.29) is 18.0 Å². The van der Waals surface area contributed by atoms with Crippen molar-refractivity contribution in [1.29, 1.82) is 0 Å². The van der Waals surface area contributed by atoms with Gasteiger partial charge in [-0.1, -0.05) is 0 Å². The molecule has 0 radical (unpaired) electrons. The number of ether oxygens (including phenoxy) is 2. The summed E-state index contributed by atoms with van der Waals surface area (Å²) in [6.07, 6.45) is 0.518. The Bertz CT molecular complexity index is 355. The van der Waals surface area contributed by atoms with E-state index in [0.717, 1.165) is 5.56 Å². The number of rotatable bonds is 6. The number of halogens is 1. The highest BCUT2D eigenvalue weighted by molar-refractivity contribution is 5.34. The first kappa shape index (κ1) is 13.9. The van der Waals surface area contributed by atoms with Gasteiger partial charge in [0.05, 0.1) is 6.61 Å². The smallest absolute Gasteiger partial charge is 0.123 e. The molecule has 1 rings (SSSR count). The molecule has 0 spiro atoms. The molecule has 0 aliphatic heterocycles. The molecule has 2 N–H and O–H groups in total. The van der Waals surface area contributed by atoms with Crippen molar-refractivity contribution in [1.82, 2.24) is 0 Å². The minimum Gasteiger partial charge on any atom is -0.488 e. The van der Waals surface area contributed by atoms with E-state index in [0.29, 0.717) is 18.8 Å². The average molecular weight is 241 g/mol. The highest BCUT2D eigenvalue weighted by Crippen LogP contribution is 2.22. The Morgan fingerprint density at radius 2 is 2.06 bits per heavy atom. The average Bonchev–Trinajstić information content (AvgIpc) is 2.21. The van der Waals surface area contributed by atoms with E-state index >= 15 is 0 Å². The molecule has 2 unspecified atom stereocenters. The molecule has 96 valence electrons. The van der Waals surface area contributed by atoms with E-state index < -0.39 is 0 Å². The van der Waals surface area contributed by atoms with Gasteiger partial charge in [0.15, 0.2) is 0 Å². The molecule has 1 aromatic rings. The Labute approximate surface area is 102 Å². The summed E-state index contributed by atoms with van der Waals surface area (Å²) >= 11 is 0. The summed E-state index contributed by atoms with van der Waals surface area (Å²) in [7, 11) is 1.62. The lowest BCUT2D eigenvalue weighted by Gasteiger charge is -2.17. The van der Waals surface area contributed by atoms with E-state index in [1.165, 1.54) is 12.1 Å². The minimum atomic E-state index is -0.271. The van der Waals surface area contributed by atoms with E-state index in [1.807, 2.05) is 13.8 Å². The molecular formula is C13H20FNO2. The van der Waals surface area contributed by atoms with Crippen molar-refractivity contribution in [2.75, 3.05) is 13.7 Å². The predicted octanol–water partition coefficient (Wildman–Crippen LogP) is 2.13. The van der Waals surface area contributed by atoms with Crippen molar-refractivity contribution in [2.24, 2.45) is 5.73 Å². The standard InChI is InChI=1S/C13H20FNO2/c1-9(15)6-11-7-12(14)4-5-13(11)17-10(2)8-16-3/h4-5,7,9-10H,6,8,15H2,1-3H3. The lowest BCUT2D eigenvalue weighted by atomic mass is 10.1. The lowest BCUT2D eigenvalue weighted by molar-refractivity contribution is 0.0913. The van der Waals surface area contributed by atoms with Gasteiger partial charge in [-0.25, -0.2) is 4.39 Å². The van der Waals surface area contributed by atoms with Crippen LogP contribution >= 0.6 is 0 Å². The zero-order valence-corrected chi connectivity index (χ0v) is 10.6. The third kappa shape index (κ3) is 4.71.